The van der Waals surface area contributed by atoms with Crippen LogP contribution in [0.5, 0.6) is 0 Å². The molecule has 0 bridgehead atoms. The summed E-state index contributed by atoms with van der Waals surface area (Å²) in [6.07, 6.45) is 6.18. The summed E-state index contributed by atoms with van der Waals surface area (Å²) >= 11 is 11.9. The lowest BCUT2D eigenvalue weighted by molar-refractivity contribution is 1.30. The maximum absolute atomic E-state index is 8.03. The molecular weight excluding hydrogens is 245 g/mol. The van der Waals surface area contributed by atoms with Crippen LogP contribution in [0, 0.1) is 5.41 Å². The monoisotopic (exact) mass is 251 g/mol. The van der Waals surface area contributed by atoms with Gasteiger partial charge in [-0.1, -0.05) is 23.2 Å². The van der Waals surface area contributed by atoms with E-state index in [4.69, 9.17) is 28.6 Å². The van der Waals surface area contributed by atoms with Gasteiger partial charge in [0.15, 0.2) is 0 Å². The van der Waals surface area contributed by atoms with Crippen LogP contribution in [0.2, 0.25) is 10.0 Å². The molecule has 80 valence electrons. The first-order chi connectivity index (χ1) is 7.70. The van der Waals surface area contributed by atoms with E-state index in [-0.39, 0.29) is 5.71 Å². The summed E-state index contributed by atoms with van der Waals surface area (Å²) in [5.41, 5.74) is 1.47. The molecule has 0 aromatic carbocycles. The number of hydrogen-bond donors (Lipinski definition) is 1. The fourth-order valence-corrected chi connectivity index (χ4v) is 1.87. The van der Waals surface area contributed by atoms with Gasteiger partial charge in [0.05, 0.1) is 15.8 Å². The maximum atomic E-state index is 8.03. The third kappa shape index (κ3) is 2.05. The Morgan fingerprint density at radius 3 is 2.12 bits per heavy atom. The van der Waals surface area contributed by atoms with Crippen LogP contribution < -0.4 is 0 Å². The quantitative estimate of drug-likeness (QED) is 0.834. The first kappa shape index (κ1) is 11.0. The van der Waals surface area contributed by atoms with E-state index in [1.54, 1.807) is 24.5 Å². The average molecular weight is 252 g/mol. The largest absolute Gasteiger partial charge is 0.300 e. The van der Waals surface area contributed by atoms with Crippen LogP contribution in [-0.2, 0) is 0 Å². The Hall–Kier alpha value is -1.45. The van der Waals surface area contributed by atoms with E-state index in [9.17, 15) is 0 Å². The second kappa shape index (κ2) is 4.60. The smallest absolute Gasteiger partial charge is 0.0716 e. The fourth-order valence-electron chi connectivity index (χ4n) is 1.31. The molecule has 0 saturated heterocycles. The van der Waals surface area contributed by atoms with E-state index in [0.717, 1.165) is 0 Å². The first-order valence-corrected chi connectivity index (χ1v) is 5.24. The highest BCUT2D eigenvalue weighted by Crippen LogP contribution is 2.25. The molecule has 2 rings (SSSR count). The second-order valence-corrected chi connectivity index (χ2v) is 3.90. The molecule has 0 amide bonds. The molecule has 0 saturated carbocycles. The van der Waals surface area contributed by atoms with Crippen molar-refractivity contribution in [1.29, 1.82) is 5.41 Å². The van der Waals surface area contributed by atoms with Gasteiger partial charge in [-0.05, 0) is 12.1 Å². The molecule has 0 spiro atoms. The molecule has 1 N–H and O–H groups in total. The van der Waals surface area contributed by atoms with Crippen LogP contribution >= 0.6 is 23.2 Å². The van der Waals surface area contributed by atoms with Crippen molar-refractivity contribution in [2.45, 2.75) is 0 Å². The van der Waals surface area contributed by atoms with Crippen molar-refractivity contribution < 1.29 is 0 Å². The molecule has 0 atom stereocenters. The number of hydrogen-bond acceptors (Lipinski definition) is 3. The lowest BCUT2D eigenvalue weighted by Gasteiger charge is -2.07. The van der Waals surface area contributed by atoms with Crippen LogP contribution in [0.3, 0.4) is 0 Å². The van der Waals surface area contributed by atoms with E-state index in [1.807, 2.05) is 0 Å². The lowest BCUT2D eigenvalue weighted by atomic mass is 10.1. The molecule has 0 aliphatic rings. The summed E-state index contributed by atoms with van der Waals surface area (Å²) < 4.78 is 0. The Bertz CT molecular complexity index is 506. The number of halogens is 2. The van der Waals surface area contributed by atoms with Crippen molar-refractivity contribution in [1.82, 2.24) is 9.97 Å². The zero-order valence-electron chi connectivity index (χ0n) is 8.11. The van der Waals surface area contributed by atoms with E-state index < -0.39 is 0 Å². The Morgan fingerprint density at radius 1 is 1.00 bits per heavy atom. The molecule has 0 aliphatic heterocycles. The molecule has 3 nitrogen and oxygen atoms in total. The van der Waals surface area contributed by atoms with Crippen LogP contribution in [0.1, 0.15) is 11.1 Å². The van der Waals surface area contributed by atoms with E-state index >= 15 is 0 Å². The third-order valence-corrected chi connectivity index (χ3v) is 2.65. The van der Waals surface area contributed by atoms with Crippen LogP contribution in [0.4, 0.5) is 0 Å². The first-order valence-electron chi connectivity index (χ1n) is 4.48. The molecule has 2 aromatic heterocycles. The molecule has 2 aromatic rings. The molecular formula is C11H7Cl2N3. The van der Waals surface area contributed by atoms with Gasteiger partial charge in [-0.15, -0.1) is 0 Å². The number of rotatable bonds is 2. The van der Waals surface area contributed by atoms with Crippen molar-refractivity contribution in [2.24, 2.45) is 0 Å². The minimum atomic E-state index is 0.264. The Balaban J connectivity index is 2.50. The Labute approximate surface area is 103 Å². The van der Waals surface area contributed by atoms with Crippen LogP contribution in [0.15, 0.2) is 36.9 Å². The van der Waals surface area contributed by atoms with Gasteiger partial charge in [0.25, 0.3) is 0 Å². The predicted molar refractivity (Wildman–Crippen MR) is 64.4 cm³/mol. The van der Waals surface area contributed by atoms with Gasteiger partial charge in [-0.3, -0.25) is 15.4 Å². The Kier molecular flexibility index (Phi) is 3.17. The zero-order chi connectivity index (χ0) is 11.5. The summed E-state index contributed by atoms with van der Waals surface area (Å²) in [7, 11) is 0. The van der Waals surface area contributed by atoms with Crippen molar-refractivity contribution in [3.05, 3.63) is 58.1 Å². The molecule has 0 radical (unpaired) electrons. The van der Waals surface area contributed by atoms with Gasteiger partial charge in [-0.2, -0.15) is 0 Å². The van der Waals surface area contributed by atoms with E-state index in [1.165, 1.54) is 12.4 Å². The summed E-state index contributed by atoms with van der Waals surface area (Å²) in [5.74, 6) is 0. The highest BCUT2D eigenvalue weighted by Gasteiger charge is 2.13. The van der Waals surface area contributed by atoms with Gasteiger partial charge in [0, 0.05) is 35.9 Å². The molecule has 0 aliphatic carbocycles. The highest BCUT2D eigenvalue weighted by atomic mass is 35.5. The van der Waals surface area contributed by atoms with Crippen molar-refractivity contribution in [3.63, 3.8) is 0 Å². The number of pyridine rings is 2. The van der Waals surface area contributed by atoms with Gasteiger partial charge >= 0.3 is 0 Å². The molecule has 16 heavy (non-hydrogen) atoms. The topological polar surface area (TPSA) is 49.6 Å². The zero-order valence-corrected chi connectivity index (χ0v) is 9.63. The summed E-state index contributed by atoms with van der Waals surface area (Å²) in [6, 6.07) is 3.46. The van der Waals surface area contributed by atoms with Crippen molar-refractivity contribution in [2.75, 3.05) is 0 Å². The number of nitrogens with zero attached hydrogens (tertiary/aromatic N) is 2. The van der Waals surface area contributed by atoms with Gasteiger partial charge < -0.3 is 0 Å². The maximum Gasteiger partial charge on any atom is 0.0716 e. The molecule has 5 heteroatoms. The second-order valence-electron chi connectivity index (χ2n) is 3.09. The highest BCUT2D eigenvalue weighted by molar-refractivity contribution is 6.41. The predicted octanol–water partition coefficient (Wildman–Crippen LogP) is 3.20. The van der Waals surface area contributed by atoms with Crippen molar-refractivity contribution >= 4 is 28.9 Å². The fraction of sp³-hybridized carbons (Fsp3) is 0. The standard InChI is InChI=1S/C11H7Cl2N3/c12-8-5-16-6-9(13)10(8)11(14)7-1-3-15-4-2-7/h1-6,14H. The van der Waals surface area contributed by atoms with E-state index in [2.05, 4.69) is 9.97 Å². The summed E-state index contributed by atoms with van der Waals surface area (Å²) in [6.45, 7) is 0. The minimum absolute atomic E-state index is 0.264. The molecule has 0 unspecified atom stereocenters. The number of aromatic nitrogens is 2. The van der Waals surface area contributed by atoms with Gasteiger partial charge in [0.2, 0.25) is 0 Å². The van der Waals surface area contributed by atoms with Crippen LogP contribution in [-0.4, -0.2) is 15.7 Å². The SMILES string of the molecule is N=C(c1ccncc1)c1c(Cl)cncc1Cl. The lowest BCUT2D eigenvalue weighted by Crippen LogP contribution is -2.03. The summed E-state index contributed by atoms with van der Waals surface area (Å²) in [5, 5.41) is 8.77. The van der Waals surface area contributed by atoms with Crippen LogP contribution in [0.25, 0.3) is 0 Å². The molecule has 0 fully saturated rings. The normalized spacial score (nSPS) is 10.1. The average Bonchev–Trinajstić information content (AvgIpc) is 2.30. The Morgan fingerprint density at radius 2 is 1.56 bits per heavy atom. The minimum Gasteiger partial charge on any atom is -0.300 e. The van der Waals surface area contributed by atoms with E-state index in [0.29, 0.717) is 21.2 Å². The van der Waals surface area contributed by atoms with Gasteiger partial charge in [0.1, 0.15) is 0 Å². The third-order valence-electron chi connectivity index (χ3n) is 2.07. The van der Waals surface area contributed by atoms with Gasteiger partial charge in [-0.25, -0.2) is 0 Å². The summed E-state index contributed by atoms with van der Waals surface area (Å²) in [4.78, 5) is 7.74. The molecule has 2 heterocycles. The van der Waals surface area contributed by atoms with Crippen molar-refractivity contribution in [3.8, 4) is 0 Å². The number of nitrogens with one attached hydrogen (secondary N) is 1.